The molecule has 8 nitrogen and oxygen atoms in total. The summed E-state index contributed by atoms with van der Waals surface area (Å²) >= 11 is 0. The first-order valence-electron chi connectivity index (χ1n) is 11.6. The number of rotatable bonds is 7. The first-order chi connectivity index (χ1) is 16.1. The molecule has 2 unspecified atom stereocenters. The van der Waals surface area contributed by atoms with E-state index < -0.39 is 35.2 Å². The van der Waals surface area contributed by atoms with E-state index in [1.807, 2.05) is 41.3 Å². The molecule has 0 radical (unpaired) electrons. The summed E-state index contributed by atoms with van der Waals surface area (Å²) in [5.74, 6) is -1.04. The van der Waals surface area contributed by atoms with Gasteiger partial charge in [0.25, 0.3) is 0 Å². The average molecular weight is 471 g/mol. The summed E-state index contributed by atoms with van der Waals surface area (Å²) < 4.78 is 16.0. The maximum absolute atomic E-state index is 13.1. The predicted octanol–water partition coefficient (Wildman–Crippen LogP) is 3.80. The lowest BCUT2D eigenvalue weighted by atomic mass is 9.96. The van der Waals surface area contributed by atoms with Gasteiger partial charge in [-0.1, -0.05) is 36.4 Å². The van der Waals surface area contributed by atoms with Crippen LogP contribution in [0.3, 0.4) is 0 Å². The van der Waals surface area contributed by atoms with E-state index in [0.717, 1.165) is 16.3 Å². The van der Waals surface area contributed by atoms with E-state index in [2.05, 4.69) is 11.4 Å². The zero-order chi connectivity index (χ0) is 24.9. The number of carbonyl (C=O) groups excluding carboxylic acids is 3. The Morgan fingerprint density at radius 2 is 1.71 bits per heavy atom. The fraction of sp³-hybridized carbons (Fsp3) is 0.500. The van der Waals surface area contributed by atoms with Crippen molar-refractivity contribution in [1.82, 2.24) is 10.2 Å². The number of carbonyl (C=O) groups is 3. The molecule has 1 aliphatic rings. The second-order valence-corrected chi connectivity index (χ2v) is 9.49. The summed E-state index contributed by atoms with van der Waals surface area (Å²) in [7, 11) is 0. The van der Waals surface area contributed by atoms with Gasteiger partial charge < -0.3 is 19.5 Å². The topological polar surface area (TPSA) is 94.2 Å². The van der Waals surface area contributed by atoms with Gasteiger partial charge in [0.05, 0.1) is 13.2 Å². The Morgan fingerprint density at radius 1 is 1.03 bits per heavy atom. The SMILES string of the molecule is CCOC(=O)C1CC(NC(=O)OC(C)(C)C)(C(=O)OCC)CN1Cc1ccc2ccccc2c1. The Kier molecular flexibility index (Phi) is 7.82. The zero-order valence-corrected chi connectivity index (χ0v) is 20.6. The molecule has 1 aliphatic heterocycles. The molecule has 34 heavy (non-hydrogen) atoms. The maximum Gasteiger partial charge on any atom is 0.408 e. The van der Waals surface area contributed by atoms with Crippen molar-refractivity contribution >= 4 is 28.8 Å². The minimum Gasteiger partial charge on any atom is -0.465 e. The standard InChI is InChI=1S/C26H34N2O6/c1-6-32-22(29)21-15-26(23(30)33-7-2,27-24(31)34-25(3,4)5)17-28(21)16-18-12-13-19-10-8-9-11-20(19)14-18/h8-14,21H,6-7,15-17H2,1-5H3,(H,27,31). The molecule has 1 amide bonds. The van der Waals surface area contributed by atoms with Crippen molar-refractivity contribution in [1.29, 1.82) is 0 Å². The van der Waals surface area contributed by atoms with E-state index >= 15 is 0 Å². The largest absolute Gasteiger partial charge is 0.465 e. The highest BCUT2D eigenvalue weighted by Gasteiger charge is 2.54. The monoisotopic (exact) mass is 470 g/mol. The minimum absolute atomic E-state index is 0.0253. The Morgan fingerprint density at radius 3 is 2.35 bits per heavy atom. The average Bonchev–Trinajstić information content (AvgIpc) is 3.11. The van der Waals surface area contributed by atoms with Crippen LogP contribution in [-0.2, 0) is 30.3 Å². The second-order valence-electron chi connectivity index (χ2n) is 9.49. The van der Waals surface area contributed by atoms with Crippen LogP contribution in [0.15, 0.2) is 42.5 Å². The lowest BCUT2D eigenvalue weighted by Gasteiger charge is -2.30. The Labute approximate surface area is 200 Å². The van der Waals surface area contributed by atoms with Crippen LogP contribution in [0, 0.1) is 0 Å². The highest BCUT2D eigenvalue weighted by atomic mass is 16.6. The molecular formula is C26H34N2O6. The van der Waals surface area contributed by atoms with Gasteiger partial charge in [0.2, 0.25) is 0 Å². The van der Waals surface area contributed by atoms with Crippen molar-refractivity contribution in [2.45, 2.75) is 64.8 Å². The molecule has 1 fully saturated rings. The smallest absolute Gasteiger partial charge is 0.408 e. The summed E-state index contributed by atoms with van der Waals surface area (Å²) in [6.07, 6.45) is -0.715. The highest BCUT2D eigenvalue weighted by Crippen LogP contribution is 2.32. The lowest BCUT2D eigenvalue weighted by Crippen LogP contribution is -2.57. The van der Waals surface area contributed by atoms with Gasteiger partial charge in [-0.05, 0) is 57.0 Å². The normalized spacial score (nSPS) is 20.7. The Balaban J connectivity index is 1.92. The molecule has 2 atom stereocenters. The van der Waals surface area contributed by atoms with Gasteiger partial charge in [-0.25, -0.2) is 9.59 Å². The second kappa shape index (κ2) is 10.4. The third kappa shape index (κ3) is 6.05. The van der Waals surface area contributed by atoms with Gasteiger partial charge in [0.1, 0.15) is 11.6 Å². The summed E-state index contributed by atoms with van der Waals surface area (Å²) in [6, 6.07) is 13.4. The van der Waals surface area contributed by atoms with Crippen molar-refractivity contribution in [3.8, 4) is 0 Å². The van der Waals surface area contributed by atoms with Crippen molar-refractivity contribution in [3.63, 3.8) is 0 Å². The van der Waals surface area contributed by atoms with Crippen LogP contribution in [0.25, 0.3) is 10.8 Å². The summed E-state index contributed by atoms with van der Waals surface area (Å²) in [5, 5.41) is 4.91. The van der Waals surface area contributed by atoms with Gasteiger partial charge in [0, 0.05) is 19.5 Å². The van der Waals surface area contributed by atoms with E-state index in [9.17, 15) is 14.4 Å². The van der Waals surface area contributed by atoms with Crippen LogP contribution in [0.4, 0.5) is 4.79 Å². The van der Waals surface area contributed by atoms with Crippen molar-refractivity contribution in [2.75, 3.05) is 19.8 Å². The molecule has 0 spiro atoms. The molecule has 184 valence electrons. The molecule has 8 heteroatoms. The molecule has 1 heterocycles. The number of alkyl carbamates (subject to hydrolysis) is 1. The highest BCUT2D eigenvalue weighted by molar-refractivity contribution is 5.89. The number of hydrogen-bond acceptors (Lipinski definition) is 7. The maximum atomic E-state index is 13.1. The van der Waals surface area contributed by atoms with E-state index in [-0.39, 0.29) is 26.2 Å². The van der Waals surface area contributed by atoms with Crippen molar-refractivity contribution < 1.29 is 28.6 Å². The van der Waals surface area contributed by atoms with E-state index in [0.29, 0.717) is 6.54 Å². The predicted molar refractivity (Wildman–Crippen MR) is 128 cm³/mol. The van der Waals surface area contributed by atoms with Gasteiger partial charge >= 0.3 is 18.0 Å². The summed E-state index contributed by atoms with van der Waals surface area (Å²) in [4.78, 5) is 40.5. The minimum atomic E-state index is -1.44. The fourth-order valence-electron chi connectivity index (χ4n) is 4.25. The van der Waals surface area contributed by atoms with Crippen LogP contribution < -0.4 is 5.32 Å². The van der Waals surface area contributed by atoms with Crippen molar-refractivity contribution in [2.24, 2.45) is 0 Å². The molecule has 0 bridgehead atoms. The molecule has 1 saturated heterocycles. The van der Waals surface area contributed by atoms with Crippen molar-refractivity contribution in [3.05, 3.63) is 48.0 Å². The molecule has 0 aromatic heterocycles. The third-order valence-corrected chi connectivity index (χ3v) is 5.62. The number of nitrogens with one attached hydrogen (secondary N) is 1. The molecular weight excluding hydrogens is 436 g/mol. The Hall–Kier alpha value is -3.13. The quantitative estimate of drug-likeness (QED) is 0.486. The molecule has 0 aliphatic carbocycles. The van der Waals surface area contributed by atoms with E-state index in [1.165, 1.54) is 0 Å². The first-order valence-corrected chi connectivity index (χ1v) is 11.6. The van der Waals surface area contributed by atoms with Gasteiger partial charge in [-0.15, -0.1) is 0 Å². The van der Waals surface area contributed by atoms with Gasteiger partial charge in [-0.3, -0.25) is 9.69 Å². The van der Waals surface area contributed by atoms with E-state index in [1.54, 1.807) is 34.6 Å². The van der Waals surface area contributed by atoms with Crippen LogP contribution in [-0.4, -0.2) is 59.9 Å². The number of hydrogen-bond donors (Lipinski definition) is 1. The summed E-state index contributed by atoms with van der Waals surface area (Å²) in [5.41, 5.74) is -1.21. The molecule has 2 aromatic rings. The van der Waals surface area contributed by atoms with Gasteiger partial charge in [-0.2, -0.15) is 0 Å². The zero-order valence-electron chi connectivity index (χ0n) is 20.6. The molecule has 3 rings (SSSR count). The molecule has 2 aromatic carbocycles. The number of likely N-dealkylation sites (tertiary alicyclic amines) is 1. The number of benzene rings is 2. The third-order valence-electron chi connectivity index (χ3n) is 5.62. The molecule has 1 N–H and O–H groups in total. The Bertz CT molecular complexity index is 1050. The number of amides is 1. The summed E-state index contributed by atoms with van der Waals surface area (Å²) in [6.45, 7) is 9.49. The number of ether oxygens (including phenoxy) is 3. The van der Waals surface area contributed by atoms with Crippen LogP contribution in [0.5, 0.6) is 0 Å². The number of esters is 2. The fourth-order valence-corrected chi connectivity index (χ4v) is 4.25. The van der Waals surface area contributed by atoms with Crippen LogP contribution in [0.2, 0.25) is 0 Å². The molecule has 0 saturated carbocycles. The van der Waals surface area contributed by atoms with Gasteiger partial charge in [0.15, 0.2) is 5.54 Å². The lowest BCUT2D eigenvalue weighted by molar-refractivity contribution is -0.150. The first kappa shape index (κ1) is 25.5. The number of fused-ring (bicyclic) bond motifs is 1. The van der Waals surface area contributed by atoms with E-state index in [4.69, 9.17) is 14.2 Å². The van der Waals surface area contributed by atoms with Crippen LogP contribution in [0.1, 0.15) is 46.6 Å². The number of nitrogens with zero attached hydrogens (tertiary/aromatic N) is 1. The van der Waals surface area contributed by atoms with Crippen LogP contribution >= 0.6 is 0 Å².